The van der Waals surface area contributed by atoms with Gasteiger partial charge in [0.25, 0.3) is 5.91 Å². The maximum atomic E-state index is 13.1. The van der Waals surface area contributed by atoms with Crippen molar-refractivity contribution in [1.82, 2.24) is 19.4 Å². The smallest absolute Gasteiger partial charge is 0.254 e. The quantitative estimate of drug-likeness (QED) is 0.527. The molecular formula is C25H25N5O2. The van der Waals surface area contributed by atoms with E-state index in [1.54, 1.807) is 0 Å². The van der Waals surface area contributed by atoms with Crippen LogP contribution in [-0.2, 0) is 4.74 Å². The second-order valence-corrected chi connectivity index (χ2v) is 8.01. The van der Waals surface area contributed by atoms with Crippen LogP contribution in [0.2, 0.25) is 0 Å². The molecule has 3 heterocycles. The van der Waals surface area contributed by atoms with Gasteiger partial charge >= 0.3 is 0 Å². The third-order valence-corrected chi connectivity index (χ3v) is 5.76. The predicted octanol–water partition coefficient (Wildman–Crippen LogP) is 4.25. The van der Waals surface area contributed by atoms with Crippen molar-refractivity contribution < 1.29 is 9.53 Å². The number of carbonyl (C=O) groups is 1. The number of aryl methyl sites for hydroxylation is 2. The Hall–Kier alpha value is -3.71. The highest BCUT2D eigenvalue weighted by atomic mass is 16.5. The third kappa shape index (κ3) is 3.83. The van der Waals surface area contributed by atoms with Crippen LogP contribution in [0, 0.1) is 13.8 Å². The molecule has 0 unspecified atom stereocenters. The molecule has 2 aromatic heterocycles. The minimum atomic E-state index is 0.0730. The van der Waals surface area contributed by atoms with Crippen molar-refractivity contribution >= 4 is 28.6 Å². The van der Waals surface area contributed by atoms with Crippen molar-refractivity contribution in [3.05, 3.63) is 77.6 Å². The standard InChI is InChI=1S/C25H25N5O2/c1-17-14-21(15-18(2)22(17)24(31)29-10-12-32-13-11-29)30-9-8-19-16-26-25(28-23(19)30)27-20-6-4-3-5-7-20/h3-9,14-16H,10-13H2,1-2H3,(H,26,27,28). The van der Waals surface area contributed by atoms with Crippen LogP contribution in [0.4, 0.5) is 11.6 Å². The zero-order chi connectivity index (χ0) is 22.1. The summed E-state index contributed by atoms with van der Waals surface area (Å²) in [6.07, 6.45) is 3.81. The maximum absolute atomic E-state index is 13.1. The number of nitrogens with one attached hydrogen (secondary N) is 1. The van der Waals surface area contributed by atoms with Crippen LogP contribution >= 0.6 is 0 Å². The predicted molar refractivity (Wildman–Crippen MR) is 125 cm³/mol. The number of benzene rings is 2. The van der Waals surface area contributed by atoms with Crippen molar-refractivity contribution in [1.29, 1.82) is 0 Å². The molecule has 1 saturated heterocycles. The second-order valence-electron chi connectivity index (χ2n) is 8.01. The van der Waals surface area contributed by atoms with Gasteiger partial charge in [0.05, 0.1) is 13.2 Å². The number of hydrogen-bond acceptors (Lipinski definition) is 5. The van der Waals surface area contributed by atoms with Gasteiger partial charge in [-0.3, -0.25) is 4.79 Å². The molecule has 162 valence electrons. The van der Waals surface area contributed by atoms with Gasteiger partial charge in [-0.1, -0.05) is 18.2 Å². The lowest BCUT2D eigenvalue weighted by molar-refractivity contribution is 0.0302. The molecule has 0 atom stereocenters. The first kappa shape index (κ1) is 20.2. The first-order valence-electron chi connectivity index (χ1n) is 10.7. The molecule has 0 aliphatic carbocycles. The van der Waals surface area contributed by atoms with Gasteiger partial charge in [0.1, 0.15) is 5.65 Å². The molecule has 4 aromatic rings. The fraction of sp³-hybridized carbons (Fsp3) is 0.240. The van der Waals surface area contributed by atoms with Gasteiger partial charge in [-0.15, -0.1) is 0 Å². The molecule has 0 bridgehead atoms. The summed E-state index contributed by atoms with van der Waals surface area (Å²) < 4.78 is 7.43. The molecular weight excluding hydrogens is 402 g/mol. The van der Waals surface area contributed by atoms with Gasteiger partial charge in [0.15, 0.2) is 0 Å². The van der Waals surface area contributed by atoms with Gasteiger partial charge in [-0.05, 0) is 55.3 Å². The molecule has 5 rings (SSSR count). The molecule has 1 amide bonds. The summed E-state index contributed by atoms with van der Waals surface area (Å²) in [7, 11) is 0. The first-order valence-corrected chi connectivity index (χ1v) is 10.7. The first-order chi connectivity index (χ1) is 15.6. The number of morpholine rings is 1. The van der Waals surface area contributed by atoms with Gasteiger partial charge in [0.2, 0.25) is 5.95 Å². The lowest BCUT2D eigenvalue weighted by Gasteiger charge is -2.28. The molecule has 2 aromatic carbocycles. The average Bonchev–Trinajstić information content (AvgIpc) is 3.23. The van der Waals surface area contributed by atoms with E-state index in [4.69, 9.17) is 9.72 Å². The number of ether oxygens (including phenoxy) is 1. The Morgan fingerprint density at radius 3 is 2.47 bits per heavy atom. The topological polar surface area (TPSA) is 72.3 Å². The zero-order valence-electron chi connectivity index (χ0n) is 18.2. The fourth-order valence-electron chi connectivity index (χ4n) is 4.18. The highest BCUT2D eigenvalue weighted by Gasteiger charge is 2.22. The Labute approximate surface area is 186 Å². The summed E-state index contributed by atoms with van der Waals surface area (Å²) in [5.74, 6) is 0.611. The van der Waals surface area contributed by atoms with E-state index in [0.717, 1.165) is 39.1 Å². The van der Waals surface area contributed by atoms with Crippen LogP contribution in [0.3, 0.4) is 0 Å². The lowest BCUT2D eigenvalue weighted by Crippen LogP contribution is -2.41. The Bertz CT molecular complexity index is 1250. The van der Waals surface area contributed by atoms with Crippen LogP contribution in [-0.4, -0.2) is 51.6 Å². The van der Waals surface area contributed by atoms with Crippen molar-refractivity contribution in [2.45, 2.75) is 13.8 Å². The summed E-state index contributed by atoms with van der Waals surface area (Å²) in [5.41, 5.74) is 5.39. The highest BCUT2D eigenvalue weighted by Crippen LogP contribution is 2.25. The number of rotatable bonds is 4. The molecule has 32 heavy (non-hydrogen) atoms. The van der Waals surface area contributed by atoms with Gasteiger partial charge in [-0.25, -0.2) is 4.98 Å². The Kier molecular flexibility index (Phi) is 5.33. The van der Waals surface area contributed by atoms with Crippen molar-refractivity contribution in [3.63, 3.8) is 0 Å². The summed E-state index contributed by atoms with van der Waals surface area (Å²) in [4.78, 5) is 24.2. The summed E-state index contributed by atoms with van der Waals surface area (Å²) in [6, 6.07) is 16.0. The number of fused-ring (bicyclic) bond motifs is 1. The fourth-order valence-corrected chi connectivity index (χ4v) is 4.18. The van der Waals surface area contributed by atoms with Gasteiger partial charge in [-0.2, -0.15) is 4.98 Å². The molecule has 0 spiro atoms. The Balaban J connectivity index is 1.49. The van der Waals surface area contributed by atoms with Crippen LogP contribution in [0.1, 0.15) is 21.5 Å². The van der Waals surface area contributed by atoms with E-state index in [9.17, 15) is 4.79 Å². The minimum absolute atomic E-state index is 0.0730. The number of amides is 1. The number of nitrogens with zero attached hydrogens (tertiary/aromatic N) is 4. The van der Waals surface area contributed by atoms with Crippen LogP contribution in [0.15, 0.2) is 60.9 Å². The van der Waals surface area contributed by atoms with E-state index in [0.29, 0.717) is 32.3 Å². The summed E-state index contributed by atoms with van der Waals surface area (Å²) in [6.45, 7) is 6.44. The van der Waals surface area contributed by atoms with Crippen LogP contribution in [0.25, 0.3) is 16.7 Å². The number of aromatic nitrogens is 3. The lowest BCUT2D eigenvalue weighted by atomic mass is 10.00. The zero-order valence-corrected chi connectivity index (χ0v) is 18.2. The molecule has 7 heteroatoms. The number of carbonyl (C=O) groups excluding carboxylic acids is 1. The van der Waals surface area contributed by atoms with Crippen LogP contribution < -0.4 is 5.32 Å². The highest BCUT2D eigenvalue weighted by molar-refractivity contribution is 5.97. The van der Waals surface area contributed by atoms with E-state index < -0.39 is 0 Å². The molecule has 1 fully saturated rings. The number of hydrogen-bond donors (Lipinski definition) is 1. The largest absolute Gasteiger partial charge is 0.378 e. The van der Waals surface area contributed by atoms with E-state index >= 15 is 0 Å². The molecule has 1 aliphatic heterocycles. The Morgan fingerprint density at radius 2 is 1.75 bits per heavy atom. The second kappa shape index (κ2) is 8.43. The number of anilines is 2. The van der Waals surface area contributed by atoms with E-state index in [1.165, 1.54) is 0 Å². The normalized spacial score (nSPS) is 14.0. The number of para-hydroxylation sites is 1. The van der Waals surface area contributed by atoms with E-state index in [2.05, 4.69) is 10.3 Å². The molecule has 1 N–H and O–H groups in total. The summed E-state index contributed by atoms with van der Waals surface area (Å²) >= 11 is 0. The summed E-state index contributed by atoms with van der Waals surface area (Å²) in [5, 5.41) is 4.20. The van der Waals surface area contributed by atoms with E-state index in [1.807, 2.05) is 84.2 Å². The molecule has 1 aliphatic rings. The molecule has 0 radical (unpaired) electrons. The SMILES string of the molecule is Cc1cc(-n2ccc3cnc(Nc4ccccc4)nc32)cc(C)c1C(=O)N1CCOCC1. The van der Waals surface area contributed by atoms with Crippen molar-refractivity contribution in [3.8, 4) is 5.69 Å². The van der Waals surface area contributed by atoms with Gasteiger partial charge < -0.3 is 19.5 Å². The molecule has 0 saturated carbocycles. The maximum Gasteiger partial charge on any atom is 0.254 e. The minimum Gasteiger partial charge on any atom is -0.378 e. The Morgan fingerprint density at radius 1 is 1.03 bits per heavy atom. The van der Waals surface area contributed by atoms with Crippen LogP contribution in [0.5, 0.6) is 0 Å². The average molecular weight is 428 g/mol. The monoisotopic (exact) mass is 427 g/mol. The third-order valence-electron chi connectivity index (χ3n) is 5.76. The molecule has 7 nitrogen and oxygen atoms in total. The van der Waals surface area contributed by atoms with Gasteiger partial charge in [0, 0.05) is 47.8 Å². The van der Waals surface area contributed by atoms with Crippen molar-refractivity contribution in [2.75, 3.05) is 31.6 Å². The van der Waals surface area contributed by atoms with E-state index in [-0.39, 0.29) is 5.91 Å². The van der Waals surface area contributed by atoms with Crippen molar-refractivity contribution in [2.24, 2.45) is 0 Å².